The van der Waals surface area contributed by atoms with E-state index >= 15 is 0 Å². The van der Waals surface area contributed by atoms with Gasteiger partial charge in [0.1, 0.15) is 0 Å². The van der Waals surface area contributed by atoms with Gasteiger partial charge < -0.3 is 5.11 Å². The predicted molar refractivity (Wildman–Crippen MR) is 66.9 cm³/mol. The summed E-state index contributed by atoms with van der Waals surface area (Å²) < 4.78 is 0. The van der Waals surface area contributed by atoms with Crippen LogP contribution in [0.15, 0.2) is 36.4 Å². The molecule has 1 aliphatic rings. The maximum atomic E-state index is 11.3. The molecule has 17 heavy (non-hydrogen) atoms. The molecule has 0 saturated carbocycles. The Labute approximate surface area is 101 Å². The highest BCUT2D eigenvalue weighted by Crippen LogP contribution is 2.28. The van der Waals surface area contributed by atoms with Gasteiger partial charge in [-0.05, 0) is 18.1 Å². The largest absolute Gasteiger partial charge is 0.481 e. The Morgan fingerprint density at radius 1 is 1.53 bits per heavy atom. The molecule has 2 rings (SSSR count). The van der Waals surface area contributed by atoms with Gasteiger partial charge in [-0.1, -0.05) is 36.4 Å². The van der Waals surface area contributed by atoms with Crippen molar-refractivity contribution in [2.24, 2.45) is 0 Å². The van der Waals surface area contributed by atoms with Gasteiger partial charge in [-0.15, -0.1) is 0 Å². The van der Waals surface area contributed by atoms with Crippen LogP contribution in [0.3, 0.4) is 0 Å². The molecule has 0 fully saturated rings. The number of benzene rings is 1. The van der Waals surface area contributed by atoms with Crippen molar-refractivity contribution in [2.45, 2.75) is 19.4 Å². The summed E-state index contributed by atoms with van der Waals surface area (Å²) in [4.78, 5) is 13.4. The third-order valence-electron chi connectivity index (χ3n) is 3.06. The van der Waals surface area contributed by atoms with E-state index in [0.29, 0.717) is 6.54 Å². The Bertz CT molecular complexity index is 453. The molecule has 0 radical (unpaired) electrons. The van der Waals surface area contributed by atoms with Gasteiger partial charge in [0.05, 0.1) is 5.92 Å². The molecule has 0 amide bonds. The molecular weight excluding hydrogens is 214 g/mol. The Morgan fingerprint density at radius 3 is 2.88 bits per heavy atom. The van der Waals surface area contributed by atoms with Crippen LogP contribution in [0.2, 0.25) is 0 Å². The fraction of sp³-hybridized carbons (Fsp3) is 0.357. The molecule has 1 aromatic rings. The molecular formula is C14H17NO2. The highest BCUT2D eigenvalue weighted by molar-refractivity contribution is 5.77. The number of nitrogens with zero attached hydrogens (tertiary/aromatic N) is 1. The normalized spacial score (nSPS) is 19.7. The Hall–Kier alpha value is -1.61. The number of hydrogen-bond acceptors (Lipinski definition) is 2. The van der Waals surface area contributed by atoms with Crippen LogP contribution in [0, 0.1) is 0 Å². The number of aliphatic carboxylic acids is 1. The minimum absolute atomic E-state index is 0.417. The number of rotatable bonds is 3. The summed E-state index contributed by atoms with van der Waals surface area (Å²) in [6, 6.07) is 7.80. The lowest BCUT2D eigenvalue weighted by Gasteiger charge is -2.32. The zero-order valence-electron chi connectivity index (χ0n) is 10.0. The Kier molecular flexibility index (Phi) is 3.29. The maximum absolute atomic E-state index is 11.3. The molecule has 1 N–H and O–H groups in total. The standard InChI is InChI=1S/C14H17NO2/c1-10(2)7-15-8-11-5-3-4-6-12(11)13(9-15)14(16)17/h3-6,13H,1,7-9H2,2H3,(H,16,17). The zero-order chi connectivity index (χ0) is 12.4. The van der Waals surface area contributed by atoms with E-state index in [1.807, 2.05) is 31.2 Å². The summed E-state index contributed by atoms with van der Waals surface area (Å²) in [7, 11) is 0. The first-order valence-corrected chi connectivity index (χ1v) is 5.75. The lowest BCUT2D eigenvalue weighted by molar-refractivity contribution is -0.139. The smallest absolute Gasteiger partial charge is 0.312 e. The summed E-state index contributed by atoms with van der Waals surface area (Å²) in [6.45, 7) is 8.00. The van der Waals surface area contributed by atoms with Crippen LogP contribution in [0.1, 0.15) is 24.0 Å². The average molecular weight is 231 g/mol. The summed E-state index contributed by atoms with van der Waals surface area (Å²) in [6.07, 6.45) is 0. The Balaban J connectivity index is 2.29. The number of fused-ring (bicyclic) bond motifs is 1. The minimum atomic E-state index is -0.746. The van der Waals surface area contributed by atoms with E-state index in [-0.39, 0.29) is 0 Å². The molecule has 1 unspecified atom stereocenters. The fourth-order valence-corrected chi connectivity index (χ4v) is 2.39. The Morgan fingerprint density at radius 2 is 2.24 bits per heavy atom. The van der Waals surface area contributed by atoms with E-state index in [4.69, 9.17) is 0 Å². The molecule has 1 heterocycles. The number of carbonyl (C=O) groups is 1. The van der Waals surface area contributed by atoms with E-state index in [2.05, 4.69) is 11.5 Å². The van der Waals surface area contributed by atoms with Crippen LogP contribution in [-0.4, -0.2) is 29.1 Å². The van der Waals surface area contributed by atoms with Crippen molar-refractivity contribution in [2.75, 3.05) is 13.1 Å². The summed E-state index contributed by atoms with van der Waals surface area (Å²) >= 11 is 0. The first kappa shape index (κ1) is 11.9. The number of carboxylic acid groups (broad SMARTS) is 1. The monoisotopic (exact) mass is 231 g/mol. The van der Waals surface area contributed by atoms with Crippen LogP contribution in [-0.2, 0) is 11.3 Å². The molecule has 0 spiro atoms. The van der Waals surface area contributed by atoms with Crippen molar-refractivity contribution in [3.63, 3.8) is 0 Å². The first-order chi connectivity index (χ1) is 8.08. The van der Waals surface area contributed by atoms with Gasteiger partial charge >= 0.3 is 5.97 Å². The lowest BCUT2D eigenvalue weighted by Crippen LogP contribution is -2.37. The molecule has 90 valence electrons. The van der Waals surface area contributed by atoms with E-state index in [1.54, 1.807) is 0 Å². The molecule has 0 bridgehead atoms. The van der Waals surface area contributed by atoms with Gasteiger partial charge in [0.2, 0.25) is 0 Å². The van der Waals surface area contributed by atoms with Gasteiger partial charge in [0.15, 0.2) is 0 Å². The van der Waals surface area contributed by atoms with Crippen LogP contribution in [0.25, 0.3) is 0 Å². The second kappa shape index (κ2) is 4.72. The lowest BCUT2D eigenvalue weighted by atomic mass is 9.89. The fourth-order valence-electron chi connectivity index (χ4n) is 2.39. The molecule has 0 saturated heterocycles. The molecule has 1 aromatic carbocycles. The van der Waals surface area contributed by atoms with Crippen LogP contribution >= 0.6 is 0 Å². The second-order valence-electron chi connectivity index (χ2n) is 4.72. The number of carboxylic acids is 1. The van der Waals surface area contributed by atoms with Crippen molar-refractivity contribution in [3.8, 4) is 0 Å². The topological polar surface area (TPSA) is 40.5 Å². The molecule has 0 aliphatic carbocycles. The van der Waals surface area contributed by atoms with Gasteiger partial charge in [-0.3, -0.25) is 9.69 Å². The van der Waals surface area contributed by atoms with Crippen molar-refractivity contribution >= 4 is 5.97 Å². The van der Waals surface area contributed by atoms with E-state index in [1.165, 1.54) is 0 Å². The molecule has 0 aromatic heterocycles. The van der Waals surface area contributed by atoms with Gasteiger partial charge in [-0.25, -0.2) is 0 Å². The quantitative estimate of drug-likeness (QED) is 0.811. The highest BCUT2D eigenvalue weighted by atomic mass is 16.4. The summed E-state index contributed by atoms with van der Waals surface area (Å²) in [5.74, 6) is -1.16. The molecule has 3 nitrogen and oxygen atoms in total. The van der Waals surface area contributed by atoms with Gasteiger partial charge in [-0.2, -0.15) is 0 Å². The van der Waals surface area contributed by atoms with Crippen LogP contribution < -0.4 is 0 Å². The van der Waals surface area contributed by atoms with E-state index in [9.17, 15) is 9.90 Å². The molecule has 1 aliphatic heterocycles. The second-order valence-corrected chi connectivity index (χ2v) is 4.72. The zero-order valence-corrected chi connectivity index (χ0v) is 10.0. The predicted octanol–water partition coefficient (Wildman–Crippen LogP) is 2.25. The van der Waals surface area contributed by atoms with Crippen LogP contribution in [0.5, 0.6) is 0 Å². The SMILES string of the molecule is C=C(C)CN1Cc2ccccc2C(C(=O)O)C1. The first-order valence-electron chi connectivity index (χ1n) is 5.75. The van der Waals surface area contributed by atoms with Gasteiger partial charge in [0.25, 0.3) is 0 Å². The average Bonchev–Trinajstić information content (AvgIpc) is 2.27. The van der Waals surface area contributed by atoms with Crippen molar-refractivity contribution < 1.29 is 9.90 Å². The van der Waals surface area contributed by atoms with Crippen molar-refractivity contribution in [3.05, 3.63) is 47.5 Å². The minimum Gasteiger partial charge on any atom is -0.481 e. The summed E-state index contributed by atoms with van der Waals surface area (Å²) in [5.41, 5.74) is 3.14. The third kappa shape index (κ3) is 2.56. The molecule has 3 heteroatoms. The maximum Gasteiger partial charge on any atom is 0.312 e. The summed E-state index contributed by atoms with van der Waals surface area (Å²) in [5, 5.41) is 9.29. The van der Waals surface area contributed by atoms with Gasteiger partial charge in [0, 0.05) is 19.6 Å². The van der Waals surface area contributed by atoms with E-state index < -0.39 is 11.9 Å². The molecule has 1 atom stereocenters. The highest BCUT2D eigenvalue weighted by Gasteiger charge is 2.29. The van der Waals surface area contributed by atoms with E-state index in [0.717, 1.165) is 29.8 Å². The third-order valence-corrected chi connectivity index (χ3v) is 3.06. The number of hydrogen-bond donors (Lipinski definition) is 1. The van der Waals surface area contributed by atoms with Crippen molar-refractivity contribution in [1.82, 2.24) is 4.90 Å². The van der Waals surface area contributed by atoms with Crippen molar-refractivity contribution in [1.29, 1.82) is 0 Å². The van der Waals surface area contributed by atoms with Crippen LogP contribution in [0.4, 0.5) is 0 Å².